The summed E-state index contributed by atoms with van der Waals surface area (Å²) >= 11 is 0. The van der Waals surface area contributed by atoms with E-state index in [0.29, 0.717) is 12.5 Å². The lowest BCUT2D eigenvalue weighted by atomic mass is 10.0. The van der Waals surface area contributed by atoms with Gasteiger partial charge in [0.1, 0.15) is 11.9 Å². The normalized spacial score (nSPS) is 12.8. The topological polar surface area (TPSA) is 47.0 Å². The number of nitrogens with one attached hydrogen (secondary N) is 1. The van der Waals surface area contributed by atoms with Gasteiger partial charge in [-0.3, -0.25) is 0 Å². The summed E-state index contributed by atoms with van der Waals surface area (Å²) in [6.07, 6.45) is 2.02. The third-order valence-electron chi connectivity index (χ3n) is 3.17. The van der Waals surface area contributed by atoms with Crippen LogP contribution in [0, 0.1) is 6.92 Å². The molecule has 0 fully saturated rings. The molecule has 1 aromatic rings. The summed E-state index contributed by atoms with van der Waals surface area (Å²) in [6.45, 7) is 11.2. The summed E-state index contributed by atoms with van der Waals surface area (Å²) < 4.78 is 5.77. The van der Waals surface area contributed by atoms with Gasteiger partial charge < -0.3 is 10.1 Å². The van der Waals surface area contributed by atoms with Crippen LogP contribution in [-0.4, -0.2) is 23.6 Å². The number of aryl methyl sites for hydroxylation is 1. The molecule has 1 unspecified atom stereocenters. The predicted molar refractivity (Wildman–Crippen MR) is 79.7 cm³/mol. The zero-order valence-electron chi connectivity index (χ0n) is 13.1. The number of ether oxygens (including phenoxy) is 1. The zero-order valence-corrected chi connectivity index (χ0v) is 13.1. The van der Waals surface area contributed by atoms with Crippen molar-refractivity contribution in [3.05, 3.63) is 17.1 Å². The van der Waals surface area contributed by atoms with E-state index < -0.39 is 0 Å². The van der Waals surface area contributed by atoms with Crippen LogP contribution in [0.1, 0.15) is 69.6 Å². The third-order valence-corrected chi connectivity index (χ3v) is 3.17. The summed E-state index contributed by atoms with van der Waals surface area (Å²) in [5, 5.41) is 3.19. The molecule has 0 aliphatic carbocycles. The van der Waals surface area contributed by atoms with Crippen LogP contribution in [0.3, 0.4) is 0 Å². The Morgan fingerprint density at radius 3 is 2.37 bits per heavy atom. The molecule has 4 heteroatoms. The van der Waals surface area contributed by atoms with E-state index in [0.717, 1.165) is 30.2 Å². The minimum atomic E-state index is 0.00186. The second kappa shape index (κ2) is 7.43. The minimum absolute atomic E-state index is 0.00186. The number of aromatic nitrogens is 2. The number of hydrogen-bond donors (Lipinski definition) is 1. The van der Waals surface area contributed by atoms with Gasteiger partial charge in [-0.15, -0.1) is 0 Å². The lowest BCUT2D eigenvalue weighted by Crippen LogP contribution is -2.14. The van der Waals surface area contributed by atoms with E-state index in [-0.39, 0.29) is 6.10 Å². The molecular formula is C15H27N3O. The predicted octanol–water partition coefficient (Wildman–Crippen LogP) is 3.83. The molecule has 0 aliphatic heterocycles. The Labute approximate surface area is 117 Å². The van der Waals surface area contributed by atoms with Crippen LogP contribution < -0.4 is 5.32 Å². The van der Waals surface area contributed by atoms with Gasteiger partial charge in [0.25, 0.3) is 0 Å². The summed E-state index contributed by atoms with van der Waals surface area (Å²) in [4.78, 5) is 9.33. The first-order valence-electron chi connectivity index (χ1n) is 7.22. The van der Waals surface area contributed by atoms with Crippen LogP contribution >= 0.6 is 0 Å². The molecule has 1 N–H and O–H groups in total. The second-order valence-corrected chi connectivity index (χ2v) is 5.07. The minimum Gasteiger partial charge on any atom is -0.373 e. The average molecular weight is 265 g/mol. The Morgan fingerprint density at radius 1 is 1.21 bits per heavy atom. The molecule has 0 saturated heterocycles. The molecule has 1 aromatic heterocycles. The SMILES string of the molecule is CCCC(OCC)c1nc(C)c(C(C)C)c(NC)n1. The zero-order chi connectivity index (χ0) is 14.4. The maximum atomic E-state index is 5.77. The van der Waals surface area contributed by atoms with E-state index in [1.54, 1.807) is 0 Å². The van der Waals surface area contributed by atoms with Gasteiger partial charge in [0, 0.05) is 24.9 Å². The highest BCUT2D eigenvalue weighted by atomic mass is 16.5. The lowest BCUT2D eigenvalue weighted by Gasteiger charge is -2.20. The monoisotopic (exact) mass is 265 g/mol. The Bertz CT molecular complexity index is 399. The average Bonchev–Trinajstić information content (AvgIpc) is 2.36. The summed E-state index contributed by atoms with van der Waals surface area (Å²) in [6, 6.07) is 0. The Morgan fingerprint density at radius 2 is 1.89 bits per heavy atom. The number of anilines is 1. The Hall–Kier alpha value is -1.16. The summed E-state index contributed by atoms with van der Waals surface area (Å²) in [5.74, 6) is 2.14. The molecular weight excluding hydrogens is 238 g/mol. The molecule has 0 bridgehead atoms. The van der Waals surface area contributed by atoms with Crippen molar-refractivity contribution < 1.29 is 4.74 Å². The van der Waals surface area contributed by atoms with E-state index in [9.17, 15) is 0 Å². The van der Waals surface area contributed by atoms with Gasteiger partial charge in [0.05, 0.1) is 0 Å². The maximum Gasteiger partial charge on any atom is 0.159 e. The van der Waals surface area contributed by atoms with E-state index in [2.05, 4.69) is 43.0 Å². The summed E-state index contributed by atoms with van der Waals surface area (Å²) in [7, 11) is 1.91. The van der Waals surface area contributed by atoms with E-state index in [1.165, 1.54) is 5.56 Å². The van der Waals surface area contributed by atoms with Crippen molar-refractivity contribution in [1.82, 2.24) is 9.97 Å². The van der Waals surface area contributed by atoms with Crippen molar-refractivity contribution in [2.24, 2.45) is 0 Å². The smallest absolute Gasteiger partial charge is 0.159 e. The quantitative estimate of drug-likeness (QED) is 0.814. The van der Waals surface area contributed by atoms with Crippen LogP contribution in [0.2, 0.25) is 0 Å². The standard InChI is InChI=1S/C15H27N3O/c1-7-9-12(19-8-2)14-17-11(5)13(10(3)4)15(16-6)18-14/h10,12H,7-9H2,1-6H3,(H,16,17,18). The Balaban J connectivity index is 3.18. The van der Waals surface area contributed by atoms with Gasteiger partial charge in [0.15, 0.2) is 5.82 Å². The van der Waals surface area contributed by atoms with Gasteiger partial charge >= 0.3 is 0 Å². The van der Waals surface area contributed by atoms with Crippen LogP contribution in [0.25, 0.3) is 0 Å². The third kappa shape index (κ3) is 3.90. The highest BCUT2D eigenvalue weighted by molar-refractivity contribution is 5.48. The highest BCUT2D eigenvalue weighted by Crippen LogP contribution is 2.28. The molecule has 4 nitrogen and oxygen atoms in total. The van der Waals surface area contributed by atoms with Crippen molar-refractivity contribution in [2.45, 2.75) is 59.5 Å². The fraction of sp³-hybridized carbons (Fsp3) is 0.733. The largest absolute Gasteiger partial charge is 0.373 e. The van der Waals surface area contributed by atoms with E-state index in [4.69, 9.17) is 4.74 Å². The second-order valence-electron chi connectivity index (χ2n) is 5.07. The first-order valence-corrected chi connectivity index (χ1v) is 7.22. The molecule has 0 spiro atoms. The summed E-state index contributed by atoms with van der Waals surface area (Å²) in [5.41, 5.74) is 2.24. The Kier molecular flexibility index (Phi) is 6.22. The number of hydrogen-bond acceptors (Lipinski definition) is 4. The molecule has 0 radical (unpaired) electrons. The maximum absolute atomic E-state index is 5.77. The van der Waals surface area contributed by atoms with E-state index >= 15 is 0 Å². The van der Waals surface area contributed by atoms with Crippen LogP contribution in [0.15, 0.2) is 0 Å². The van der Waals surface area contributed by atoms with Crippen molar-refractivity contribution in [2.75, 3.05) is 19.0 Å². The number of rotatable bonds is 7. The van der Waals surface area contributed by atoms with Crippen molar-refractivity contribution in [3.63, 3.8) is 0 Å². The van der Waals surface area contributed by atoms with Crippen LogP contribution in [-0.2, 0) is 4.74 Å². The first kappa shape index (κ1) is 15.9. The molecule has 0 saturated carbocycles. The van der Waals surface area contributed by atoms with Gasteiger partial charge in [-0.25, -0.2) is 9.97 Å². The van der Waals surface area contributed by atoms with Gasteiger partial charge in [0.2, 0.25) is 0 Å². The lowest BCUT2D eigenvalue weighted by molar-refractivity contribution is 0.0493. The van der Waals surface area contributed by atoms with Crippen molar-refractivity contribution in [3.8, 4) is 0 Å². The molecule has 0 aromatic carbocycles. The molecule has 0 amide bonds. The fourth-order valence-electron chi connectivity index (χ4n) is 2.38. The van der Waals surface area contributed by atoms with Gasteiger partial charge in [-0.05, 0) is 26.2 Å². The van der Waals surface area contributed by atoms with Gasteiger partial charge in [-0.2, -0.15) is 0 Å². The van der Waals surface area contributed by atoms with Gasteiger partial charge in [-0.1, -0.05) is 27.2 Å². The van der Waals surface area contributed by atoms with Crippen LogP contribution in [0.4, 0.5) is 5.82 Å². The number of nitrogens with zero attached hydrogens (tertiary/aromatic N) is 2. The van der Waals surface area contributed by atoms with Crippen LogP contribution in [0.5, 0.6) is 0 Å². The molecule has 19 heavy (non-hydrogen) atoms. The molecule has 0 aliphatic rings. The molecule has 1 atom stereocenters. The van der Waals surface area contributed by atoms with Crippen molar-refractivity contribution in [1.29, 1.82) is 0 Å². The molecule has 1 rings (SSSR count). The molecule has 1 heterocycles. The van der Waals surface area contributed by atoms with Crippen molar-refractivity contribution >= 4 is 5.82 Å². The fourth-order valence-corrected chi connectivity index (χ4v) is 2.38. The van der Waals surface area contributed by atoms with E-state index in [1.807, 2.05) is 14.0 Å². The highest BCUT2D eigenvalue weighted by Gasteiger charge is 2.19. The molecule has 108 valence electrons. The first-order chi connectivity index (χ1) is 9.04.